The lowest BCUT2D eigenvalue weighted by molar-refractivity contribution is -0.111. The van der Waals surface area contributed by atoms with Crippen LogP contribution in [0.2, 0.25) is 0 Å². The molecular formula is C21H22N3O5P. The number of anilines is 1. The largest absolute Gasteiger partial charge is 0.497 e. The van der Waals surface area contributed by atoms with Crippen molar-refractivity contribution in [1.29, 1.82) is 0 Å². The molecule has 0 aliphatic rings. The molecule has 0 aliphatic heterocycles. The normalized spacial score (nSPS) is 12.1. The molecule has 0 fully saturated rings. The molecule has 9 heteroatoms. The number of hydrogen-bond donors (Lipinski definition) is 2. The van der Waals surface area contributed by atoms with Crippen LogP contribution < -0.4 is 10.1 Å². The molecule has 8 nitrogen and oxygen atoms in total. The Kier molecular flexibility index (Phi) is 7.19. The van der Waals surface area contributed by atoms with Gasteiger partial charge in [-0.05, 0) is 48.0 Å². The topological polar surface area (TPSA) is 103 Å². The van der Waals surface area contributed by atoms with E-state index >= 15 is 0 Å². The van der Waals surface area contributed by atoms with Gasteiger partial charge in [-0.3, -0.25) is 14.0 Å². The average molecular weight is 427 g/mol. The predicted molar refractivity (Wildman–Crippen MR) is 115 cm³/mol. The van der Waals surface area contributed by atoms with Gasteiger partial charge < -0.3 is 19.5 Å². The van der Waals surface area contributed by atoms with Crippen LogP contribution in [0.1, 0.15) is 11.1 Å². The molecule has 1 amide bonds. The summed E-state index contributed by atoms with van der Waals surface area (Å²) < 4.78 is 22.2. The summed E-state index contributed by atoms with van der Waals surface area (Å²) in [5.41, 5.74) is 3.99. The lowest BCUT2D eigenvalue weighted by atomic mass is 10.1. The van der Waals surface area contributed by atoms with Crippen LogP contribution in [0.25, 0.3) is 17.3 Å². The van der Waals surface area contributed by atoms with Crippen molar-refractivity contribution in [1.82, 2.24) is 9.78 Å². The monoisotopic (exact) mass is 427 g/mol. The first-order valence-electron chi connectivity index (χ1n) is 9.06. The highest BCUT2D eigenvalue weighted by atomic mass is 31.1. The van der Waals surface area contributed by atoms with Crippen molar-refractivity contribution >= 4 is 25.9 Å². The highest BCUT2D eigenvalue weighted by Gasteiger charge is 2.10. The summed E-state index contributed by atoms with van der Waals surface area (Å²) in [6, 6.07) is 14.4. The third-order valence-corrected chi connectivity index (χ3v) is 4.72. The molecule has 1 atom stereocenters. The Bertz CT molecular complexity index is 1060. The summed E-state index contributed by atoms with van der Waals surface area (Å²) in [7, 11) is 0.498. The van der Waals surface area contributed by atoms with Gasteiger partial charge in [-0.2, -0.15) is 5.10 Å². The van der Waals surface area contributed by atoms with Crippen LogP contribution in [-0.2, 0) is 27.5 Å². The van der Waals surface area contributed by atoms with Gasteiger partial charge in [0.1, 0.15) is 5.75 Å². The zero-order valence-corrected chi connectivity index (χ0v) is 17.5. The van der Waals surface area contributed by atoms with Crippen molar-refractivity contribution in [2.45, 2.75) is 6.61 Å². The lowest BCUT2D eigenvalue weighted by Gasteiger charge is -2.06. The number of carbonyl (C=O) groups excluding carboxylic acids is 1. The minimum atomic E-state index is -2.96. The molecule has 0 saturated carbocycles. The summed E-state index contributed by atoms with van der Waals surface area (Å²) in [5.74, 6) is 0.477. The third-order valence-electron chi connectivity index (χ3n) is 4.33. The van der Waals surface area contributed by atoms with Gasteiger partial charge in [-0.15, -0.1) is 0 Å². The molecule has 156 valence electrons. The number of hydrogen-bond acceptors (Lipinski definition) is 5. The van der Waals surface area contributed by atoms with E-state index in [4.69, 9.17) is 9.63 Å². The van der Waals surface area contributed by atoms with Crippen LogP contribution in [0.4, 0.5) is 5.69 Å². The molecule has 2 aromatic carbocycles. The number of methoxy groups -OCH3 is 1. The second kappa shape index (κ2) is 10.0. The maximum Gasteiger partial charge on any atom is 0.316 e. The van der Waals surface area contributed by atoms with E-state index in [1.807, 2.05) is 31.3 Å². The van der Waals surface area contributed by atoms with Crippen molar-refractivity contribution in [2.75, 3.05) is 12.4 Å². The second-order valence-corrected chi connectivity index (χ2v) is 7.20. The molecule has 0 aliphatic carbocycles. The Labute approximate surface area is 174 Å². The molecule has 2 N–H and O–H groups in total. The SMILES string of the molecule is COc1ccc(-c2c(C=CC(=O)Nc3ccc(CO[PH](=O)O)cc3)cnn2C)cc1. The van der Waals surface area contributed by atoms with Gasteiger partial charge in [0.2, 0.25) is 5.91 Å². The zero-order valence-electron chi connectivity index (χ0n) is 16.5. The molecule has 3 aromatic rings. The van der Waals surface area contributed by atoms with E-state index in [1.165, 1.54) is 6.08 Å². The standard InChI is InChI=1S/C21H22N3O5P/c1-24-21(16-5-10-19(28-2)11-6-16)17(13-22-24)7-12-20(25)23-18-8-3-15(4-9-18)14-29-30(26)27/h3-13,30H,14H2,1-2H3,(H,23,25)(H,26,27). The molecule has 1 aromatic heterocycles. The third kappa shape index (κ3) is 5.67. The van der Waals surface area contributed by atoms with E-state index in [-0.39, 0.29) is 12.5 Å². The van der Waals surface area contributed by atoms with Crippen molar-refractivity contribution in [3.8, 4) is 17.0 Å². The number of rotatable bonds is 8. The summed E-state index contributed by atoms with van der Waals surface area (Å²) >= 11 is 0. The zero-order chi connectivity index (χ0) is 21.5. The van der Waals surface area contributed by atoms with Gasteiger partial charge >= 0.3 is 8.25 Å². The van der Waals surface area contributed by atoms with E-state index in [0.717, 1.165) is 28.1 Å². The van der Waals surface area contributed by atoms with E-state index in [0.29, 0.717) is 5.69 Å². The molecule has 0 radical (unpaired) electrons. The first-order valence-corrected chi connectivity index (χ1v) is 10.3. The van der Waals surface area contributed by atoms with Gasteiger partial charge in [0.25, 0.3) is 0 Å². The smallest absolute Gasteiger partial charge is 0.316 e. The first kappa shape index (κ1) is 21.5. The van der Waals surface area contributed by atoms with Gasteiger partial charge in [0.15, 0.2) is 0 Å². The van der Waals surface area contributed by atoms with E-state index in [9.17, 15) is 9.36 Å². The van der Waals surface area contributed by atoms with Crippen molar-refractivity contribution in [2.24, 2.45) is 7.05 Å². The lowest BCUT2D eigenvalue weighted by Crippen LogP contribution is -2.07. The number of amides is 1. The number of carbonyl (C=O) groups is 1. The molecule has 1 heterocycles. The highest BCUT2D eigenvalue weighted by Crippen LogP contribution is 2.26. The van der Waals surface area contributed by atoms with Crippen LogP contribution in [0.15, 0.2) is 60.8 Å². The number of aryl methyl sites for hydroxylation is 1. The number of benzene rings is 2. The summed E-state index contributed by atoms with van der Waals surface area (Å²) in [4.78, 5) is 21.0. The molecule has 0 saturated heterocycles. The molecule has 0 bridgehead atoms. The van der Waals surface area contributed by atoms with Crippen LogP contribution >= 0.6 is 8.25 Å². The van der Waals surface area contributed by atoms with Crippen molar-refractivity contribution in [3.05, 3.63) is 71.9 Å². The van der Waals surface area contributed by atoms with Crippen molar-refractivity contribution < 1.29 is 23.5 Å². The molecule has 3 rings (SSSR count). The number of ether oxygens (including phenoxy) is 1. The Hall–Kier alpha value is -3.19. The minimum Gasteiger partial charge on any atom is -0.497 e. The van der Waals surface area contributed by atoms with E-state index in [2.05, 4.69) is 14.9 Å². The number of aromatic nitrogens is 2. The predicted octanol–water partition coefficient (Wildman–Crippen LogP) is 3.65. The number of nitrogens with one attached hydrogen (secondary N) is 1. The summed E-state index contributed by atoms with van der Waals surface area (Å²) in [6.45, 7) is 0.0393. The Balaban J connectivity index is 1.67. The highest BCUT2D eigenvalue weighted by molar-refractivity contribution is 7.32. The quantitative estimate of drug-likeness (QED) is 0.420. The Morgan fingerprint density at radius 3 is 2.53 bits per heavy atom. The molecule has 1 unspecified atom stereocenters. The first-order chi connectivity index (χ1) is 14.5. The fourth-order valence-electron chi connectivity index (χ4n) is 2.86. The van der Waals surface area contributed by atoms with Crippen LogP contribution in [-0.4, -0.2) is 27.7 Å². The molecule has 0 spiro atoms. The van der Waals surface area contributed by atoms with Gasteiger partial charge in [0, 0.05) is 29.9 Å². The fraction of sp³-hybridized carbons (Fsp3) is 0.143. The fourth-order valence-corrected chi connectivity index (χ4v) is 3.15. The van der Waals surface area contributed by atoms with Crippen LogP contribution in [0.3, 0.4) is 0 Å². The Morgan fingerprint density at radius 1 is 1.20 bits per heavy atom. The van der Waals surface area contributed by atoms with Gasteiger partial charge in [0.05, 0.1) is 25.6 Å². The molecular weight excluding hydrogens is 405 g/mol. The van der Waals surface area contributed by atoms with Gasteiger partial charge in [-0.1, -0.05) is 12.1 Å². The molecule has 30 heavy (non-hydrogen) atoms. The summed E-state index contributed by atoms with van der Waals surface area (Å²) in [6.07, 6.45) is 4.85. The summed E-state index contributed by atoms with van der Waals surface area (Å²) in [5, 5.41) is 7.06. The van der Waals surface area contributed by atoms with E-state index < -0.39 is 8.25 Å². The Morgan fingerprint density at radius 2 is 1.90 bits per heavy atom. The maximum atomic E-state index is 12.3. The maximum absolute atomic E-state index is 12.3. The second-order valence-electron chi connectivity index (χ2n) is 6.37. The van der Waals surface area contributed by atoms with Crippen molar-refractivity contribution in [3.63, 3.8) is 0 Å². The average Bonchev–Trinajstić information content (AvgIpc) is 3.12. The number of nitrogens with zero attached hydrogens (tertiary/aromatic N) is 2. The van der Waals surface area contributed by atoms with E-state index in [1.54, 1.807) is 48.3 Å². The van der Waals surface area contributed by atoms with Crippen LogP contribution in [0.5, 0.6) is 5.75 Å². The minimum absolute atomic E-state index is 0.0393. The van der Waals surface area contributed by atoms with Gasteiger partial charge in [-0.25, -0.2) is 0 Å². The van der Waals surface area contributed by atoms with Crippen LogP contribution in [0, 0.1) is 0 Å².